The highest BCUT2D eigenvalue weighted by molar-refractivity contribution is 5.78. The number of amides is 1. The van der Waals surface area contributed by atoms with Crippen molar-refractivity contribution in [2.75, 3.05) is 6.54 Å². The van der Waals surface area contributed by atoms with Crippen molar-refractivity contribution in [2.45, 2.75) is 45.2 Å². The minimum Gasteiger partial charge on any atom is -0.354 e. The van der Waals surface area contributed by atoms with E-state index in [1.807, 2.05) is 0 Å². The Hall–Kier alpha value is -1.35. The Morgan fingerprint density at radius 3 is 2.84 bits per heavy atom. The average molecular weight is 258 g/mol. The highest BCUT2D eigenvalue weighted by Gasteiger charge is 2.37. The fourth-order valence-electron chi connectivity index (χ4n) is 3.34. The molecule has 3 nitrogen and oxygen atoms in total. The van der Waals surface area contributed by atoms with Crippen molar-refractivity contribution in [3.8, 4) is 0 Å². The van der Waals surface area contributed by atoms with Crippen molar-refractivity contribution in [3.05, 3.63) is 35.4 Å². The molecule has 1 fully saturated rings. The van der Waals surface area contributed by atoms with Crippen LogP contribution in [0, 0.1) is 5.41 Å². The number of rotatable bonds is 2. The summed E-state index contributed by atoms with van der Waals surface area (Å²) in [6.45, 7) is 5.41. The minimum atomic E-state index is 0.166. The zero-order chi connectivity index (χ0) is 13.5. The van der Waals surface area contributed by atoms with Gasteiger partial charge >= 0.3 is 0 Å². The van der Waals surface area contributed by atoms with E-state index in [0.717, 1.165) is 13.0 Å². The van der Waals surface area contributed by atoms with Crippen LogP contribution in [0.2, 0.25) is 0 Å². The van der Waals surface area contributed by atoms with E-state index in [1.54, 1.807) is 0 Å². The maximum atomic E-state index is 11.4. The number of hydrogen-bond donors (Lipinski definition) is 2. The number of hydrogen-bond acceptors (Lipinski definition) is 2. The lowest BCUT2D eigenvalue weighted by molar-refractivity contribution is -0.119. The maximum Gasteiger partial charge on any atom is 0.221 e. The Kier molecular flexibility index (Phi) is 3.09. The zero-order valence-electron chi connectivity index (χ0n) is 11.7. The molecule has 2 N–H and O–H groups in total. The van der Waals surface area contributed by atoms with E-state index in [-0.39, 0.29) is 17.4 Å². The van der Waals surface area contributed by atoms with Crippen LogP contribution in [0.25, 0.3) is 0 Å². The topological polar surface area (TPSA) is 41.1 Å². The molecule has 3 heteroatoms. The molecule has 0 spiro atoms. The first-order valence-corrected chi connectivity index (χ1v) is 7.17. The van der Waals surface area contributed by atoms with Crippen LogP contribution in [0.15, 0.2) is 24.3 Å². The van der Waals surface area contributed by atoms with Gasteiger partial charge < -0.3 is 10.6 Å². The molecule has 1 heterocycles. The molecular formula is C16H22N2O. The standard InChI is InChI=1S/C16H22N2O/c1-16(2)8-7-11-5-3-4-6-13(11)15(16)18-12-9-14(19)17-10-12/h3-6,12,15,18H,7-10H2,1-2H3,(H,17,19). The Bertz CT molecular complexity index is 495. The average Bonchev–Trinajstić information content (AvgIpc) is 2.79. The van der Waals surface area contributed by atoms with Gasteiger partial charge in [-0.25, -0.2) is 0 Å². The van der Waals surface area contributed by atoms with Gasteiger partial charge in [-0.2, -0.15) is 0 Å². The molecule has 2 aliphatic rings. The summed E-state index contributed by atoms with van der Waals surface area (Å²) in [5.74, 6) is 0.166. The second-order valence-corrected chi connectivity index (χ2v) is 6.49. The Balaban J connectivity index is 1.86. The van der Waals surface area contributed by atoms with Crippen molar-refractivity contribution in [1.29, 1.82) is 0 Å². The number of fused-ring (bicyclic) bond motifs is 1. The molecule has 0 radical (unpaired) electrons. The summed E-state index contributed by atoms with van der Waals surface area (Å²) in [6.07, 6.45) is 2.95. The van der Waals surface area contributed by atoms with E-state index in [4.69, 9.17) is 0 Å². The van der Waals surface area contributed by atoms with Crippen molar-refractivity contribution in [2.24, 2.45) is 5.41 Å². The molecule has 1 amide bonds. The van der Waals surface area contributed by atoms with Crippen LogP contribution in [-0.2, 0) is 11.2 Å². The van der Waals surface area contributed by atoms with E-state index in [2.05, 4.69) is 48.7 Å². The van der Waals surface area contributed by atoms with E-state index in [0.29, 0.717) is 12.5 Å². The van der Waals surface area contributed by atoms with Crippen LogP contribution in [0.3, 0.4) is 0 Å². The third-order valence-corrected chi connectivity index (χ3v) is 4.57. The van der Waals surface area contributed by atoms with E-state index < -0.39 is 0 Å². The number of aryl methyl sites for hydroxylation is 1. The van der Waals surface area contributed by atoms with Crippen molar-refractivity contribution >= 4 is 5.91 Å². The van der Waals surface area contributed by atoms with Crippen LogP contribution < -0.4 is 10.6 Å². The van der Waals surface area contributed by atoms with Gasteiger partial charge in [-0.15, -0.1) is 0 Å². The molecule has 0 saturated carbocycles. The lowest BCUT2D eigenvalue weighted by atomic mass is 9.70. The molecule has 1 aliphatic heterocycles. The summed E-state index contributed by atoms with van der Waals surface area (Å²) < 4.78 is 0. The van der Waals surface area contributed by atoms with Gasteiger partial charge in [0, 0.05) is 25.0 Å². The molecule has 19 heavy (non-hydrogen) atoms. The van der Waals surface area contributed by atoms with E-state index in [9.17, 15) is 4.79 Å². The first-order valence-electron chi connectivity index (χ1n) is 7.17. The molecule has 0 bridgehead atoms. The zero-order valence-corrected chi connectivity index (χ0v) is 11.7. The lowest BCUT2D eigenvalue weighted by Gasteiger charge is -2.42. The summed E-state index contributed by atoms with van der Waals surface area (Å²) in [6, 6.07) is 9.31. The molecule has 0 aromatic heterocycles. The van der Waals surface area contributed by atoms with Gasteiger partial charge in [0.05, 0.1) is 0 Å². The third-order valence-electron chi connectivity index (χ3n) is 4.57. The summed E-state index contributed by atoms with van der Waals surface area (Å²) in [7, 11) is 0. The molecular weight excluding hydrogens is 236 g/mol. The molecule has 1 saturated heterocycles. The monoisotopic (exact) mass is 258 g/mol. The number of carbonyl (C=O) groups is 1. The van der Waals surface area contributed by atoms with E-state index >= 15 is 0 Å². The number of benzene rings is 1. The summed E-state index contributed by atoms with van der Waals surface area (Å²) in [4.78, 5) is 11.4. The SMILES string of the molecule is CC1(C)CCc2ccccc2C1NC1CNC(=O)C1. The number of carbonyl (C=O) groups excluding carboxylic acids is 1. The molecule has 1 aromatic rings. The van der Waals surface area contributed by atoms with E-state index in [1.165, 1.54) is 17.5 Å². The Morgan fingerprint density at radius 1 is 1.32 bits per heavy atom. The lowest BCUT2D eigenvalue weighted by Crippen LogP contribution is -2.43. The number of nitrogens with one attached hydrogen (secondary N) is 2. The molecule has 102 valence electrons. The highest BCUT2D eigenvalue weighted by Crippen LogP contribution is 2.43. The summed E-state index contributed by atoms with van der Waals surface area (Å²) in [5.41, 5.74) is 3.11. The second-order valence-electron chi connectivity index (χ2n) is 6.49. The van der Waals surface area contributed by atoms with Gasteiger partial charge in [0.1, 0.15) is 0 Å². The smallest absolute Gasteiger partial charge is 0.221 e. The molecule has 2 atom stereocenters. The normalized spacial score (nSPS) is 28.8. The summed E-state index contributed by atoms with van der Waals surface area (Å²) >= 11 is 0. The van der Waals surface area contributed by atoms with Gasteiger partial charge in [0.25, 0.3) is 0 Å². The summed E-state index contributed by atoms with van der Waals surface area (Å²) in [5, 5.41) is 6.62. The fraction of sp³-hybridized carbons (Fsp3) is 0.562. The maximum absolute atomic E-state index is 11.4. The van der Waals surface area contributed by atoms with Gasteiger partial charge in [-0.3, -0.25) is 4.79 Å². The van der Waals surface area contributed by atoms with Crippen molar-refractivity contribution in [1.82, 2.24) is 10.6 Å². The second kappa shape index (κ2) is 4.64. The van der Waals surface area contributed by atoms with Crippen LogP contribution in [0.4, 0.5) is 0 Å². The third kappa shape index (κ3) is 2.39. The van der Waals surface area contributed by atoms with Gasteiger partial charge in [-0.05, 0) is 29.4 Å². The van der Waals surface area contributed by atoms with Crippen LogP contribution in [0.1, 0.15) is 43.9 Å². The molecule has 1 aromatic carbocycles. The predicted molar refractivity (Wildman–Crippen MR) is 75.8 cm³/mol. The fourth-order valence-corrected chi connectivity index (χ4v) is 3.34. The minimum absolute atomic E-state index is 0.166. The Morgan fingerprint density at radius 2 is 2.11 bits per heavy atom. The van der Waals surface area contributed by atoms with Gasteiger partial charge in [-0.1, -0.05) is 38.1 Å². The first kappa shape index (κ1) is 12.7. The van der Waals surface area contributed by atoms with Gasteiger partial charge in [0.2, 0.25) is 5.91 Å². The van der Waals surface area contributed by atoms with Crippen LogP contribution in [0.5, 0.6) is 0 Å². The van der Waals surface area contributed by atoms with Crippen molar-refractivity contribution in [3.63, 3.8) is 0 Å². The first-order chi connectivity index (χ1) is 9.06. The predicted octanol–water partition coefficient (Wildman–Crippen LogP) is 2.18. The molecule has 3 rings (SSSR count). The van der Waals surface area contributed by atoms with Crippen molar-refractivity contribution < 1.29 is 4.79 Å². The highest BCUT2D eigenvalue weighted by atomic mass is 16.1. The molecule has 2 unspecified atom stereocenters. The van der Waals surface area contributed by atoms with Gasteiger partial charge in [0.15, 0.2) is 0 Å². The molecule has 1 aliphatic carbocycles. The van der Waals surface area contributed by atoms with Crippen LogP contribution >= 0.6 is 0 Å². The van der Waals surface area contributed by atoms with Crippen LogP contribution in [-0.4, -0.2) is 18.5 Å². The largest absolute Gasteiger partial charge is 0.354 e. The quantitative estimate of drug-likeness (QED) is 0.853. The Labute approximate surface area is 114 Å².